The minimum absolute atomic E-state index is 0.315. The van der Waals surface area contributed by atoms with E-state index in [-0.39, 0.29) is 12.2 Å². The summed E-state index contributed by atoms with van der Waals surface area (Å²) in [4.78, 5) is 24.6. The molecule has 5 aromatic carbocycles. The maximum absolute atomic E-state index is 6.90. The average Bonchev–Trinajstić information content (AvgIpc) is 3.29. The Kier molecular flexibility index (Phi) is 8.50. The number of hydrogen-bond donors (Lipinski definition) is 0. The van der Waals surface area contributed by atoms with Crippen LogP contribution in [0.5, 0.6) is 11.5 Å². The van der Waals surface area contributed by atoms with E-state index in [1.54, 1.807) is 0 Å². The lowest BCUT2D eigenvalue weighted by molar-refractivity contribution is 0.0769. The minimum atomic E-state index is -0.331. The average molecular weight is 724 g/mol. The van der Waals surface area contributed by atoms with Crippen LogP contribution in [-0.2, 0) is 0 Å². The highest BCUT2D eigenvalue weighted by Gasteiger charge is 2.34. The zero-order chi connectivity index (χ0) is 37.3. The van der Waals surface area contributed by atoms with Gasteiger partial charge in [-0.1, -0.05) is 103 Å². The summed E-state index contributed by atoms with van der Waals surface area (Å²) in [5, 5.41) is 0. The van der Waals surface area contributed by atoms with E-state index < -0.39 is 0 Å². The van der Waals surface area contributed by atoms with Gasteiger partial charge >= 0.3 is 0 Å². The summed E-state index contributed by atoms with van der Waals surface area (Å²) < 4.78 is 13.8. The number of ether oxygens (including phenoxy) is 2. The molecule has 1 aliphatic carbocycles. The molecule has 1 aliphatic heterocycles. The van der Waals surface area contributed by atoms with Crippen LogP contribution in [0.2, 0.25) is 0 Å². The Hall–Kier alpha value is -7.51. The zero-order valence-corrected chi connectivity index (χ0v) is 30.1. The van der Waals surface area contributed by atoms with Crippen molar-refractivity contribution < 1.29 is 9.47 Å². The van der Waals surface area contributed by atoms with Crippen molar-refractivity contribution in [3.05, 3.63) is 188 Å². The molecule has 0 amide bonds. The number of nitrogens with zero attached hydrogens (tertiary/aromatic N) is 5. The quantitative estimate of drug-likeness (QED) is 0.162. The van der Waals surface area contributed by atoms with E-state index in [0.29, 0.717) is 34.5 Å². The Morgan fingerprint density at radius 1 is 0.357 bits per heavy atom. The fraction of sp³-hybridized carbons (Fsp3) is 0.0408. The van der Waals surface area contributed by atoms with Gasteiger partial charge in [-0.15, -0.1) is 0 Å². The van der Waals surface area contributed by atoms with Gasteiger partial charge in [-0.25, -0.2) is 15.0 Å². The molecular formula is C49H33N5O2. The van der Waals surface area contributed by atoms with Gasteiger partial charge in [0.15, 0.2) is 41.2 Å². The van der Waals surface area contributed by atoms with Crippen LogP contribution in [-0.4, -0.2) is 37.1 Å². The van der Waals surface area contributed by atoms with Gasteiger partial charge in [-0.2, -0.15) is 0 Å². The van der Waals surface area contributed by atoms with Gasteiger partial charge in [0.2, 0.25) is 0 Å². The van der Waals surface area contributed by atoms with Crippen LogP contribution in [0.1, 0.15) is 0 Å². The lowest BCUT2D eigenvalue weighted by Crippen LogP contribution is -2.38. The molecule has 4 heterocycles. The molecule has 0 spiro atoms. The summed E-state index contributed by atoms with van der Waals surface area (Å²) >= 11 is 0. The SMILES string of the molecule is C1=CC2Oc3c(-c4cc(-c5ccccn5)cc(-c5ccccn5)c4)ccc(-c4nc(-c5ccccc5)nc(-c5cccc(-c6ccccc6)c5)n4)c3OC2C=C1. The van der Waals surface area contributed by atoms with Crippen molar-refractivity contribution in [2.75, 3.05) is 0 Å². The van der Waals surface area contributed by atoms with Crippen LogP contribution in [0, 0.1) is 0 Å². The molecule has 0 bridgehead atoms. The zero-order valence-electron chi connectivity index (χ0n) is 30.1. The first kappa shape index (κ1) is 33.1. The Morgan fingerprint density at radius 3 is 1.46 bits per heavy atom. The third-order valence-electron chi connectivity index (χ3n) is 9.96. The Labute approximate surface area is 324 Å². The molecule has 10 rings (SSSR count). The molecule has 0 radical (unpaired) electrons. The Bertz CT molecular complexity index is 2700. The fourth-order valence-corrected chi connectivity index (χ4v) is 7.21. The molecule has 2 atom stereocenters. The molecule has 2 unspecified atom stereocenters. The Balaban J connectivity index is 1.17. The predicted molar refractivity (Wildman–Crippen MR) is 221 cm³/mol. The van der Waals surface area contributed by atoms with Gasteiger partial charge in [0.25, 0.3) is 0 Å². The van der Waals surface area contributed by atoms with E-state index in [0.717, 1.165) is 55.9 Å². The van der Waals surface area contributed by atoms with Crippen molar-refractivity contribution in [1.82, 2.24) is 24.9 Å². The molecule has 0 saturated carbocycles. The lowest BCUT2D eigenvalue weighted by Gasteiger charge is -2.34. The first-order valence-electron chi connectivity index (χ1n) is 18.5. The monoisotopic (exact) mass is 723 g/mol. The van der Waals surface area contributed by atoms with Crippen molar-refractivity contribution in [1.29, 1.82) is 0 Å². The molecule has 7 heteroatoms. The van der Waals surface area contributed by atoms with Gasteiger partial charge in [0.1, 0.15) is 0 Å². The van der Waals surface area contributed by atoms with E-state index in [1.165, 1.54) is 0 Å². The van der Waals surface area contributed by atoms with Crippen LogP contribution in [0.4, 0.5) is 0 Å². The summed E-state index contributed by atoms with van der Waals surface area (Å²) in [5.41, 5.74) is 10.1. The van der Waals surface area contributed by atoms with Crippen molar-refractivity contribution in [3.63, 3.8) is 0 Å². The topological polar surface area (TPSA) is 82.9 Å². The summed E-state index contributed by atoms with van der Waals surface area (Å²) in [7, 11) is 0. The molecule has 7 nitrogen and oxygen atoms in total. The predicted octanol–water partition coefficient (Wildman–Crippen LogP) is 11.0. The maximum atomic E-state index is 6.90. The molecule has 0 N–H and O–H groups in total. The lowest BCUT2D eigenvalue weighted by atomic mass is 9.94. The number of allylic oxidation sites excluding steroid dienone is 2. The van der Waals surface area contributed by atoms with E-state index in [2.05, 4.69) is 58.5 Å². The van der Waals surface area contributed by atoms with Gasteiger partial charge in [-0.05, 0) is 89.5 Å². The summed E-state index contributed by atoms with van der Waals surface area (Å²) in [5.74, 6) is 2.79. The number of aromatic nitrogens is 5. The molecule has 2 aliphatic rings. The van der Waals surface area contributed by atoms with Crippen molar-refractivity contribution in [2.45, 2.75) is 12.2 Å². The van der Waals surface area contributed by atoms with E-state index in [4.69, 9.17) is 24.4 Å². The van der Waals surface area contributed by atoms with Gasteiger partial charge in [0, 0.05) is 40.2 Å². The smallest absolute Gasteiger partial charge is 0.174 e. The number of fused-ring (bicyclic) bond motifs is 2. The molecule has 0 fully saturated rings. The van der Waals surface area contributed by atoms with Crippen molar-refractivity contribution >= 4 is 0 Å². The second-order valence-electron chi connectivity index (χ2n) is 13.6. The highest BCUT2D eigenvalue weighted by atomic mass is 16.6. The second kappa shape index (κ2) is 14.4. The number of pyridine rings is 2. The van der Waals surface area contributed by atoms with Gasteiger partial charge in [-0.3, -0.25) is 9.97 Å². The van der Waals surface area contributed by atoms with Crippen molar-refractivity contribution in [3.8, 4) is 90.4 Å². The van der Waals surface area contributed by atoms with Crippen LogP contribution in [0.15, 0.2) is 188 Å². The van der Waals surface area contributed by atoms with E-state index in [9.17, 15) is 0 Å². The molecular weight excluding hydrogens is 691 g/mol. The molecule has 3 aromatic heterocycles. The standard InChI is InChI=1S/C49H33N5O2/c1-3-14-32(15-4-1)34-18-13-19-35(28-34)48-52-47(33-16-5-2-6-17-33)53-49(54-48)40-25-24-39(45-46(40)56-44-23-8-7-22-43(44)55-45)36-29-37(41-20-9-11-26-50-41)31-38(30-36)42-21-10-12-27-51-42/h1-31,43-44H. The number of rotatable bonds is 7. The highest BCUT2D eigenvalue weighted by molar-refractivity contribution is 5.87. The Morgan fingerprint density at radius 2 is 0.839 bits per heavy atom. The second-order valence-corrected chi connectivity index (χ2v) is 13.6. The third kappa shape index (κ3) is 6.41. The van der Waals surface area contributed by atoms with Gasteiger partial charge < -0.3 is 9.47 Å². The molecule has 266 valence electrons. The fourth-order valence-electron chi connectivity index (χ4n) is 7.21. The largest absolute Gasteiger partial charge is 0.478 e. The summed E-state index contributed by atoms with van der Waals surface area (Å²) in [6, 6.07) is 51.0. The first-order chi connectivity index (χ1) is 27.7. The first-order valence-corrected chi connectivity index (χ1v) is 18.5. The van der Waals surface area contributed by atoms with Gasteiger partial charge in [0.05, 0.1) is 17.0 Å². The summed E-state index contributed by atoms with van der Waals surface area (Å²) in [6.45, 7) is 0. The van der Waals surface area contributed by atoms with Crippen LogP contribution in [0.3, 0.4) is 0 Å². The van der Waals surface area contributed by atoms with E-state index >= 15 is 0 Å². The highest BCUT2D eigenvalue weighted by Crippen LogP contribution is 2.49. The maximum Gasteiger partial charge on any atom is 0.174 e. The molecule has 0 saturated heterocycles. The number of hydrogen-bond acceptors (Lipinski definition) is 7. The van der Waals surface area contributed by atoms with Crippen LogP contribution < -0.4 is 9.47 Å². The molecule has 8 aromatic rings. The molecule has 56 heavy (non-hydrogen) atoms. The van der Waals surface area contributed by atoms with Crippen LogP contribution in [0.25, 0.3) is 78.9 Å². The van der Waals surface area contributed by atoms with Crippen molar-refractivity contribution in [2.24, 2.45) is 0 Å². The van der Waals surface area contributed by atoms with E-state index in [1.807, 2.05) is 140 Å². The summed E-state index contributed by atoms with van der Waals surface area (Å²) in [6.07, 6.45) is 11.0. The minimum Gasteiger partial charge on any atom is -0.478 e. The van der Waals surface area contributed by atoms with Crippen LogP contribution >= 0.6 is 0 Å². The third-order valence-corrected chi connectivity index (χ3v) is 9.96. The normalized spacial score (nSPS) is 15.3. The number of benzene rings is 5.